The zero-order valence-corrected chi connectivity index (χ0v) is 19.4. The van der Waals surface area contributed by atoms with E-state index in [-0.39, 0.29) is 12.6 Å². The third-order valence-electron chi connectivity index (χ3n) is 5.69. The Labute approximate surface area is 201 Å². The summed E-state index contributed by atoms with van der Waals surface area (Å²) in [5.41, 5.74) is 3.01. The summed E-state index contributed by atoms with van der Waals surface area (Å²) in [7, 11) is 1.77. The molecular formula is C26H24N4O5. The van der Waals surface area contributed by atoms with E-state index < -0.39 is 18.5 Å². The molecule has 0 aliphatic carbocycles. The predicted octanol–water partition coefficient (Wildman–Crippen LogP) is 3.06. The Hall–Kier alpha value is -4.40. The standard InChI is InChI=1S/C26H24N4O5/c1-16-24-19(12-20(17-8-4-3-5-9-17)28-25(24)30(2)29-16)26(32)34-15-23(31)27-13-18-14-33-21-10-6-7-11-22(21)35-18/h3-12,18H,13-15H2,1-2H3,(H,27,31). The number of para-hydroxylation sites is 2. The molecule has 35 heavy (non-hydrogen) atoms. The van der Waals surface area contributed by atoms with Gasteiger partial charge in [0.25, 0.3) is 5.91 Å². The van der Waals surface area contributed by atoms with Gasteiger partial charge in [-0.25, -0.2) is 9.78 Å². The van der Waals surface area contributed by atoms with E-state index in [0.29, 0.717) is 46.1 Å². The van der Waals surface area contributed by atoms with Gasteiger partial charge in [0.05, 0.1) is 28.9 Å². The van der Waals surface area contributed by atoms with Crippen molar-refractivity contribution in [3.05, 3.63) is 71.9 Å². The minimum Gasteiger partial charge on any atom is -0.486 e. The van der Waals surface area contributed by atoms with E-state index in [0.717, 1.165) is 5.56 Å². The minimum absolute atomic E-state index is 0.226. The van der Waals surface area contributed by atoms with Gasteiger partial charge in [0.15, 0.2) is 23.8 Å². The topological polar surface area (TPSA) is 105 Å². The highest BCUT2D eigenvalue weighted by atomic mass is 16.6. The van der Waals surface area contributed by atoms with E-state index in [1.54, 1.807) is 24.7 Å². The molecule has 2 aromatic heterocycles. The van der Waals surface area contributed by atoms with Crippen LogP contribution in [0, 0.1) is 6.92 Å². The van der Waals surface area contributed by atoms with E-state index in [4.69, 9.17) is 14.2 Å². The van der Waals surface area contributed by atoms with Crippen molar-refractivity contribution in [1.82, 2.24) is 20.1 Å². The van der Waals surface area contributed by atoms with Crippen LogP contribution in [0.4, 0.5) is 0 Å². The SMILES string of the molecule is Cc1nn(C)c2nc(-c3ccccc3)cc(C(=O)OCC(=O)NCC3COc4ccccc4O3)c12. The predicted molar refractivity (Wildman–Crippen MR) is 128 cm³/mol. The number of esters is 1. The van der Waals surface area contributed by atoms with E-state index in [1.165, 1.54) is 0 Å². The average molecular weight is 473 g/mol. The minimum atomic E-state index is -0.619. The number of nitrogens with zero attached hydrogens (tertiary/aromatic N) is 3. The molecule has 0 fully saturated rings. The van der Waals surface area contributed by atoms with Crippen molar-refractivity contribution in [3.8, 4) is 22.8 Å². The van der Waals surface area contributed by atoms with E-state index in [2.05, 4.69) is 15.4 Å². The number of benzene rings is 2. The Morgan fingerprint density at radius 2 is 1.86 bits per heavy atom. The summed E-state index contributed by atoms with van der Waals surface area (Å²) in [6, 6.07) is 18.6. The molecule has 1 N–H and O–H groups in total. The molecule has 178 valence electrons. The highest BCUT2D eigenvalue weighted by Gasteiger charge is 2.23. The van der Waals surface area contributed by atoms with E-state index in [9.17, 15) is 9.59 Å². The van der Waals surface area contributed by atoms with Crippen LogP contribution in [0.2, 0.25) is 0 Å². The van der Waals surface area contributed by atoms with Crippen LogP contribution in [-0.4, -0.2) is 52.5 Å². The normalized spacial score (nSPS) is 14.5. The summed E-state index contributed by atoms with van der Waals surface area (Å²) < 4.78 is 18.5. The first-order chi connectivity index (χ1) is 17.0. The van der Waals surface area contributed by atoms with Crippen molar-refractivity contribution < 1.29 is 23.8 Å². The van der Waals surface area contributed by atoms with Crippen molar-refractivity contribution in [2.75, 3.05) is 19.8 Å². The molecule has 1 atom stereocenters. The fourth-order valence-corrected chi connectivity index (χ4v) is 4.01. The van der Waals surface area contributed by atoms with Crippen molar-refractivity contribution in [2.45, 2.75) is 13.0 Å². The second kappa shape index (κ2) is 9.46. The Morgan fingerprint density at radius 3 is 2.66 bits per heavy atom. The molecule has 4 aromatic rings. The molecule has 9 heteroatoms. The molecule has 2 aromatic carbocycles. The number of aryl methyl sites for hydroxylation is 2. The fourth-order valence-electron chi connectivity index (χ4n) is 4.01. The summed E-state index contributed by atoms with van der Waals surface area (Å²) >= 11 is 0. The lowest BCUT2D eigenvalue weighted by Gasteiger charge is -2.26. The second-order valence-electron chi connectivity index (χ2n) is 8.21. The molecule has 3 heterocycles. The van der Waals surface area contributed by atoms with Crippen molar-refractivity contribution in [2.24, 2.45) is 7.05 Å². The Balaban J connectivity index is 1.26. The Morgan fingerprint density at radius 1 is 1.11 bits per heavy atom. The van der Waals surface area contributed by atoms with Gasteiger partial charge < -0.3 is 19.5 Å². The summed E-state index contributed by atoms with van der Waals surface area (Å²) in [5, 5.41) is 7.73. The first kappa shape index (κ1) is 22.4. The maximum atomic E-state index is 13.0. The number of carbonyl (C=O) groups is 2. The van der Waals surface area contributed by atoms with Gasteiger partial charge in [-0.3, -0.25) is 9.48 Å². The third-order valence-corrected chi connectivity index (χ3v) is 5.69. The third kappa shape index (κ3) is 4.65. The van der Waals surface area contributed by atoms with Gasteiger partial charge in [0, 0.05) is 12.6 Å². The Bertz CT molecular complexity index is 1400. The van der Waals surface area contributed by atoms with Crippen LogP contribution in [-0.2, 0) is 16.6 Å². The largest absolute Gasteiger partial charge is 0.486 e. The van der Waals surface area contributed by atoms with Crippen LogP contribution in [0.1, 0.15) is 16.1 Å². The lowest BCUT2D eigenvalue weighted by Crippen LogP contribution is -2.42. The van der Waals surface area contributed by atoms with Crippen LogP contribution in [0.15, 0.2) is 60.7 Å². The van der Waals surface area contributed by atoms with Gasteiger partial charge >= 0.3 is 5.97 Å². The molecule has 0 saturated carbocycles. The monoisotopic (exact) mass is 472 g/mol. The molecule has 9 nitrogen and oxygen atoms in total. The highest BCUT2D eigenvalue weighted by Crippen LogP contribution is 2.31. The Kier molecular flexibility index (Phi) is 6.05. The number of aromatic nitrogens is 3. The van der Waals surface area contributed by atoms with Crippen LogP contribution >= 0.6 is 0 Å². The first-order valence-electron chi connectivity index (χ1n) is 11.2. The lowest BCUT2D eigenvalue weighted by molar-refractivity contribution is -0.124. The van der Waals surface area contributed by atoms with Crippen molar-refractivity contribution >= 4 is 22.9 Å². The number of carbonyl (C=O) groups excluding carboxylic acids is 2. The number of amides is 1. The average Bonchev–Trinajstić information content (AvgIpc) is 3.18. The number of pyridine rings is 1. The van der Waals surface area contributed by atoms with Crippen molar-refractivity contribution in [3.63, 3.8) is 0 Å². The van der Waals surface area contributed by atoms with Gasteiger partial charge in [-0.05, 0) is 25.1 Å². The number of ether oxygens (including phenoxy) is 3. The molecule has 0 bridgehead atoms. The highest BCUT2D eigenvalue weighted by molar-refractivity contribution is 6.05. The molecule has 1 aliphatic rings. The zero-order valence-electron chi connectivity index (χ0n) is 19.4. The molecule has 0 spiro atoms. The van der Waals surface area contributed by atoms with E-state index in [1.807, 2.05) is 54.6 Å². The van der Waals surface area contributed by atoms with Crippen molar-refractivity contribution in [1.29, 1.82) is 0 Å². The summed E-state index contributed by atoms with van der Waals surface area (Å²) in [5.74, 6) is 0.254. The number of rotatable bonds is 6. The van der Waals surface area contributed by atoms with Gasteiger partial charge in [-0.1, -0.05) is 42.5 Å². The molecule has 1 amide bonds. The van der Waals surface area contributed by atoms with Crippen LogP contribution in [0.3, 0.4) is 0 Å². The van der Waals surface area contributed by atoms with Gasteiger partial charge in [0.1, 0.15) is 12.7 Å². The van der Waals surface area contributed by atoms with Gasteiger partial charge in [-0.15, -0.1) is 0 Å². The molecule has 1 aliphatic heterocycles. The van der Waals surface area contributed by atoms with Gasteiger partial charge in [0.2, 0.25) is 0 Å². The zero-order chi connectivity index (χ0) is 24.4. The molecule has 0 radical (unpaired) electrons. The molecule has 0 saturated heterocycles. The molecule has 5 rings (SSSR count). The first-order valence-corrected chi connectivity index (χ1v) is 11.2. The number of hydrogen-bond donors (Lipinski definition) is 1. The lowest BCUT2D eigenvalue weighted by atomic mass is 10.1. The number of fused-ring (bicyclic) bond motifs is 2. The smallest absolute Gasteiger partial charge is 0.339 e. The van der Waals surface area contributed by atoms with Crippen LogP contribution in [0.5, 0.6) is 11.5 Å². The van der Waals surface area contributed by atoms with Crippen LogP contribution in [0.25, 0.3) is 22.3 Å². The second-order valence-corrected chi connectivity index (χ2v) is 8.21. The maximum absolute atomic E-state index is 13.0. The van der Waals surface area contributed by atoms with Gasteiger partial charge in [-0.2, -0.15) is 5.10 Å². The molecule has 1 unspecified atom stereocenters. The summed E-state index contributed by atoms with van der Waals surface area (Å²) in [6.45, 7) is 1.92. The van der Waals surface area contributed by atoms with E-state index >= 15 is 0 Å². The summed E-state index contributed by atoms with van der Waals surface area (Å²) in [6.07, 6.45) is -0.337. The number of nitrogens with one attached hydrogen (secondary N) is 1. The summed E-state index contributed by atoms with van der Waals surface area (Å²) in [4.78, 5) is 30.1. The number of hydrogen-bond acceptors (Lipinski definition) is 7. The van der Waals surface area contributed by atoms with Crippen LogP contribution < -0.4 is 14.8 Å². The fraction of sp³-hybridized carbons (Fsp3) is 0.231. The maximum Gasteiger partial charge on any atom is 0.339 e. The quantitative estimate of drug-likeness (QED) is 0.430. The molecular weight excluding hydrogens is 448 g/mol.